The minimum atomic E-state index is -3.52. The predicted molar refractivity (Wildman–Crippen MR) is 105 cm³/mol. The molecule has 1 atom stereocenters. The smallest absolute Gasteiger partial charge is 0.240 e. The zero-order valence-corrected chi connectivity index (χ0v) is 16.5. The van der Waals surface area contributed by atoms with Gasteiger partial charge in [-0.15, -0.1) is 0 Å². The van der Waals surface area contributed by atoms with Crippen LogP contribution in [0.1, 0.15) is 24.4 Å². The molecule has 1 heterocycles. The number of hydrogen-bond donors (Lipinski definition) is 1. The van der Waals surface area contributed by atoms with Gasteiger partial charge in [-0.2, -0.15) is 0 Å². The second-order valence-electron chi connectivity index (χ2n) is 6.54. The van der Waals surface area contributed by atoms with Crippen molar-refractivity contribution in [2.45, 2.75) is 23.8 Å². The lowest BCUT2D eigenvalue weighted by Crippen LogP contribution is -2.34. The molecule has 1 N–H and O–H groups in total. The van der Waals surface area contributed by atoms with Crippen molar-refractivity contribution in [1.29, 1.82) is 0 Å². The van der Waals surface area contributed by atoms with Crippen LogP contribution in [0.4, 0.5) is 0 Å². The van der Waals surface area contributed by atoms with Crippen LogP contribution < -0.4 is 14.2 Å². The third kappa shape index (κ3) is 4.80. The largest absolute Gasteiger partial charge is 0.497 e. The maximum absolute atomic E-state index is 12.4. The number of methoxy groups -OCH3 is 2. The van der Waals surface area contributed by atoms with E-state index in [-0.39, 0.29) is 4.90 Å². The van der Waals surface area contributed by atoms with Gasteiger partial charge >= 0.3 is 0 Å². The van der Waals surface area contributed by atoms with Crippen molar-refractivity contribution in [2.24, 2.45) is 0 Å². The Balaban J connectivity index is 1.58. The average Bonchev–Trinajstić information content (AvgIpc) is 3.16. The summed E-state index contributed by atoms with van der Waals surface area (Å²) < 4.78 is 37.9. The summed E-state index contributed by atoms with van der Waals surface area (Å²) in [6.45, 7) is 2.02. The van der Waals surface area contributed by atoms with Crippen LogP contribution in [0.3, 0.4) is 0 Å². The fourth-order valence-electron chi connectivity index (χ4n) is 3.46. The van der Waals surface area contributed by atoms with Crippen molar-refractivity contribution in [3.63, 3.8) is 0 Å². The highest BCUT2D eigenvalue weighted by molar-refractivity contribution is 7.89. The molecule has 0 aliphatic carbocycles. The topological polar surface area (TPSA) is 67.9 Å². The fraction of sp³-hybridized carbons (Fsp3) is 0.400. The number of likely N-dealkylation sites (tertiary alicyclic amines) is 1. The number of ether oxygens (including phenoxy) is 2. The van der Waals surface area contributed by atoms with Gasteiger partial charge in [0.1, 0.15) is 11.5 Å². The molecule has 0 bridgehead atoms. The lowest BCUT2D eigenvalue weighted by atomic mass is 10.0. The van der Waals surface area contributed by atoms with Crippen LogP contribution in [0, 0.1) is 0 Å². The van der Waals surface area contributed by atoms with Crippen LogP contribution in [-0.4, -0.2) is 47.2 Å². The summed E-state index contributed by atoms with van der Waals surface area (Å²) in [5.41, 5.74) is 1.24. The van der Waals surface area contributed by atoms with Gasteiger partial charge < -0.3 is 9.47 Å². The van der Waals surface area contributed by atoms with Crippen LogP contribution in [0.15, 0.2) is 53.4 Å². The van der Waals surface area contributed by atoms with Gasteiger partial charge in [0, 0.05) is 19.1 Å². The summed E-state index contributed by atoms with van der Waals surface area (Å²) in [6.07, 6.45) is 2.19. The third-order valence-corrected chi connectivity index (χ3v) is 6.40. The van der Waals surface area contributed by atoms with Gasteiger partial charge in [-0.05, 0) is 61.3 Å². The SMILES string of the molecule is COc1ccc(C2CCCN2CCNS(=O)(=O)c2ccc(OC)cc2)cc1. The first-order valence-corrected chi connectivity index (χ1v) is 10.5. The van der Waals surface area contributed by atoms with Gasteiger partial charge in [0.05, 0.1) is 19.1 Å². The van der Waals surface area contributed by atoms with E-state index in [0.717, 1.165) is 25.1 Å². The van der Waals surface area contributed by atoms with E-state index in [4.69, 9.17) is 9.47 Å². The molecular weight excluding hydrogens is 364 g/mol. The second-order valence-corrected chi connectivity index (χ2v) is 8.31. The number of nitrogens with one attached hydrogen (secondary N) is 1. The minimum Gasteiger partial charge on any atom is -0.497 e. The summed E-state index contributed by atoms with van der Waals surface area (Å²) in [5.74, 6) is 1.48. The summed E-state index contributed by atoms with van der Waals surface area (Å²) >= 11 is 0. The standard InChI is InChI=1S/C20H26N2O4S/c1-25-17-7-5-16(6-8-17)20-4-3-14-22(20)15-13-21-27(23,24)19-11-9-18(26-2)10-12-19/h5-12,20-21H,3-4,13-15H2,1-2H3. The van der Waals surface area contributed by atoms with Crippen LogP contribution in [0.25, 0.3) is 0 Å². The highest BCUT2D eigenvalue weighted by Crippen LogP contribution is 2.32. The molecular formula is C20H26N2O4S. The zero-order chi connectivity index (χ0) is 19.3. The summed E-state index contributed by atoms with van der Waals surface area (Å²) in [7, 11) is -0.306. The van der Waals surface area contributed by atoms with E-state index in [0.29, 0.717) is 24.9 Å². The maximum atomic E-state index is 12.4. The second kappa shape index (κ2) is 8.73. The molecule has 1 unspecified atom stereocenters. The Morgan fingerprint density at radius 3 is 2.19 bits per heavy atom. The van der Waals surface area contributed by atoms with E-state index in [1.54, 1.807) is 38.5 Å². The summed E-state index contributed by atoms with van der Waals surface area (Å²) in [5, 5.41) is 0. The highest BCUT2D eigenvalue weighted by atomic mass is 32.2. The molecule has 0 saturated carbocycles. The molecule has 1 aliphatic heterocycles. The Bertz CT molecular complexity index is 835. The Labute approximate surface area is 161 Å². The van der Waals surface area contributed by atoms with Gasteiger partial charge in [0.15, 0.2) is 0 Å². The van der Waals surface area contributed by atoms with Crippen molar-refractivity contribution in [3.8, 4) is 11.5 Å². The van der Waals surface area contributed by atoms with E-state index in [2.05, 4.69) is 21.8 Å². The predicted octanol–water partition coefficient (Wildman–Crippen LogP) is 2.82. The average molecular weight is 391 g/mol. The first-order valence-electron chi connectivity index (χ1n) is 9.05. The van der Waals surface area contributed by atoms with Gasteiger partial charge in [-0.25, -0.2) is 13.1 Å². The Morgan fingerprint density at radius 2 is 1.59 bits per heavy atom. The van der Waals surface area contributed by atoms with E-state index in [1.807, 2.05) is 12.1 Å². The Kier molecular flexibility index (Phi) is 6.36. The van der Waals surface area contributed by atoms with Crippen LogP contribution in [-0.2, 0) is 10.0 Å². The van der Waals surface area contributed by atoms with Crippen LogP contribution >= 0.6 is 0 Å². The molecule has 146 valence electrons. The molecule has 2 aromatic carbocycles. The molecule has 6 nitrogen and oxygen atoms in total. The minimum absolute atomic E-state index is 0.247. The monoisotopic (exact) mass is 390 g/mol. The number of benzene rings is 2. The van der Waals surface area contributed by atoms with Crippen LogP contribution in [0.5, 0.6) is 11.5 Å². The Morgan fingerprint density at radius 1 is 1.00 bits per heavy atom. The quantitative estimate of drug-likeness (QED) is 0.751. The van der Waals surface area contributed by atoms with E-state index < -0.39 is 10.0 Å². The van der Waals surface area contributed by atoms with Crippen molar-refractivity contribution < 1.29 is 17.9 Å². The molecule has 3 rings (SSSR count). The first-order chi connectivity index (χ1) is 13.0. The molecule has 7 heteroatoms. The first kappa shape index (κ1) is 19.7. The summed E-state index contributed by atoms with van der Waals surface area (Å²) in [4.78, 5) is 2.58. The maximum Gasteiger partial charge on any atom is 0.240 e. The third-order valence-electron chi connectivity index (χ3n) is 4.93. The van der Waals surface area contributed by atoms with E-state index >= 15 is 0 Å². The van der Waals surface area contributed by atoms with Gasteiger partial charge in [0.25, 0.3) is 0 Å². The zero-order valence-electron chi connectivity index (χ0n) is 15.7. The van der Waals surface area contributed by atoms with Crippen molar-refractivity contribution >= 4 is 10.0 Å². The molecule has 0 radical (unpaired) electrons. The van der Waals surface area contributed by atoms with Crippen LogP contribution in [0.2, 0.25) is 0 Å². The molecule has 1 saturated heterocycles. The van der Waals surface area contributed by atoms with E-state index in [1.165, 1.54) is 5.56 Å². The van der Waals surface area contributed by atoms with Crippen molar-refractivity contribution in [1.82, 2.24) is 9.62 Å². The lowest BCUT2D eigenvalue weighted by molar-refractivity contribution is 0.261. The molecule has 27 heavy (non-hydrogen) atoms. The molecule has 0 aromatic heterocycles. The number of rotatable bonds is 8. The summed E-state index contributed by atoms with van der Waals surface area (Å²) in [6, 6.07) is 14.8. The number of sulfonamides is 1. The van der Waals surface area contributed by atoms with Crippen molar-refractivity contribution in [2.75, 3.05) is 33.9 Å². The molecule has 0 spiro atoms. The molecule has 0 amide bonds. The normalized spacial score (nSPS) is 17.8. The fourth-order valence-corrected chi connectivity index (χ4v) is 4.48. The van der Waals surface area contributed by atoms with Gasteiger partial charge in [0.2, 0.25) is 10.0 Å². The number of nitrogens with zero attached hydrogens (tertiary/aromatic N) is 1. The van der Waals surface area contributed by atoms with Gasteiger partial charge in [-0.3, -0.25) is 4.90 Å². The Hall–Kier alpha value is -2.09. The molecule has 1 aliphatic rings. The lowest BCUT2D eigenvalue weighted by Gasteiger charge is -2.25. The van der Waals surface area contributed by atoms with Crippen molar-refractivity contribution in [3.05, 3.63) is 54.1 Å². The highest BCUT2D eigenvalue weighted by Gasteiger charge is 2.26. The molecule has 1 fully saturated rings. The van der Waals surface area contributed by atoms with Gasteiger partial charge in [-0.1, -0.05) is 12.1 Å². The number of hydrogen-bond acceptors (Lipinski definition) is 5. The van der Waals surface area contributed by atoms with E-state index in [9.17, 15) is 8.42 Å². The molecule has 2 aromatic rings.